The van der Waals surface area contributed by atoms with Crippen LogP contribution in [-0.2, 0) is 14.6 Å². The monoisotopic (exact) mass is 387 g/mol. The second kappa shape index (κ2) is 7.11. The van der Waals surface area contributed by atoms with Crippen LogP contribution in [0.4, 0.5) is 5.69 Å². The van der Waals surface area contributed by atoms with Crippen LogP contribution in [0.15, 0.2) is 53.4 Å². The molecule has 0 aliphatic rings. The quantitative estimate of drug-likeness (QED) is 0.824. The van der Waals surface area contributed by atoms with E-state index in [0.29, 0.717) is 15.7 Å². The molecule has 0 heterocycles. The zero-order valence-corrected chi connectivity index (χ0v) is 15.0. The van der Waals surface area contributed by atoms with Gasteiger partial charge in [-0.05, 0) is 55.5 Å². The van der Waals surface area contributed by atoms with E-state index in [1.807, 2.05) is 0 Å². The lowest BCUT2D eigenvalue weighted by molar-refractivity contribution is -0.130. The van der Waals surface area contributed by atoms with Crippen molar-refractivity contribution in [3.63, 3.8) is 0 Å². The molecule has 5 nitrogen and oxygen atoms in total. The number of benzene rings is 2. The first-order valence-electron chi connectivity index (χ1n) is 6.88. The van der Waals surface area contributed by atoms with Gasteiger partial charge < -0.3 is 10.4 Å². The van der Waals surface area contributed by atoms with Crippen LogP contribution in [0, 0.1) is 0 Å². The highest BCUT2D eigenvalue weighted by atomic mass is 35.5. The number of halogens is 2. The number of nitrogens with one attached hydrogen (secondary N) is 1. The summed E-state index contributed by atoms with van der Waals surface area (Å²) in [5.74, 6) is -1.59. The smallest absolute Gasteiger partial charge is 0.257 e. The van der Waals surface area contributed by atoms with E-state index in [1.165, 1.54) is 24.3 Å². The molecule has 0 bridgehead atoms. The molecule has 0 radical (unpaired) electrons. The summed E-state index contributed by atoms with van der Waals surface area (Å²) >= 11 is 11.5. The molecule has 2 rings (SSSR count). The molecular formula is C16H15Cl2NO4S. The van der Waals surface area contributed by atoms with Crippen molar-refractivity contribution in [1.29, 1.82) is 0 Å². The van der Waals surface area contributed by atoms with Crippen LogP contribution >= 0.6 is 23.2 Å². The van der Waals surface area contributed by atoms with Crippen molar-refractivity contribution in [3.8, 4) is 0 Å². The van der Waals surface area contributed by atoms with Crippen LogP contribution in [0.2, 0.25) is 10.0 Å². The molecule has 2 N–H and O–H groups in total. The summed E-state index contributed by atoms with van der Waals surface area (Å²) < 4.78 is 24.7. The fourth-order valence-electron chi connectivity index (χ4n) is 1.96. The predicted molar refractivity (Wildman–Crippen MR) is 94.2 cm³/mol. The van der Waals surface area contributed by atoms with Gasteiger partial charge in [0.25, 0.3) is 5.91 Å². The van der Waals surface area contributed by atoms with Gasteiger partial charge in [0.15, 0.2) is 15.4 Å². The van der Waals surface area contributed by atoms with Crippen LogP contribution in [0.25, 0.3) is 0 Å². The molecule has 2 aromatic carbocycles. The van der Waals surface area contributed by atoms with Crippen LogP contribution in [0.3, 0.4) is 0 Å². The van der Waals surface area contributed by atoms with Gasteiger partial charge in [0.2, 0.25) is 0 Å². The van der Waals surface area contributed by atoms with E-state index in [2.05, 4.69) is 5.32 Å². The van der Waals surface area contributed by atoms with Crippen molar-refractivity contribution >= 4 is 44.6 Å². The fourth-order valence-corrected chi connectivity index (χ4v) is 3.80. The van der Waals surface area contributed by atoms with E-state index < -0.39 is 27.1 Å². The van der Waals surface area contributed by atoms with Crippen molar-refractivity contribution in [1.82, 2.24) is 0 Å². The largest absolute Gasteiger partial charge is 0.379 e. The molecule has 2 aromatic rings. The minimum absolute atomic E-state index is 0.0218. The molecule has 0 unspecified atom stereocenters. The topological polar surface area (TPSA) is 83.5 Å². The van der Waals surface area contributed by atoms with Gasteiger partial charge in [-0.25, -0.2) is 8.42 Å². The van der Waals surface area contributed by atoms with Crippen molar-refractivity contribution in [3.05, 3.63) is 58.6 Å². The lowest BCUT2D eigenvalue weighted by Crippen LogP contribution is -2.45. The summed E-state index contributed by atoms with van der Waals surface area (Å²) in [5, 5.41) is 13.6. The lowest BCUT2D eigenvalue weighted by Gasteiger charge is -2.22. The Hall–Kier alpha value is -1.60. The first kappa shape index (κ1) is 18.7. The maximum atomic E-state index is 12.4. The van der Waals surface area contributed by atoms with Gasteiger partial charge in [-0.3, -0.25) is 4.79 Å². The van der Waals surface area contributed by atoms with E-state index in [1.54, 1.807) is 24.3 Å². The molecule has 0 fully saturated rings. The fraction of sp³-hybridized carbons (Fsp3) is 0.188. The molecule has 8 heteroatoms. The molecule has 24 heavy (non-hydrogen) atoms. The number of sulfone groups is 1. The molecule has 1 amide bonds. The third-order valence-corrected chi connectivity index (χ3v) is 5.67. The maximum Gasteiger partial charge on any atom is 0.257 e. The predicted octanol–water partition coefficient (Wildman–Crippen LogP) is 3.16. The Balaban J connectivity index is 2.15. The highest BCUT2D eigenvalue weighted by Gasteiger charge is 2.36. The zero-order chi connectivity index (χ0) is 18.0. The molecular weight excluding hydrogens is 373 g/mol. The van der Waals surface area contributed by atoms with Gasteiger partial charge in [0.1, 0.15) is 0 Å². The zero-order valence-electron chi connectivity index (χ0n) is 12.7. The third kappa shape index (κ3) is 4.70. The van der Waals surface area contributed by atoms with E-state index in [4.69, 9.17) is 23.2 Å². The normalized spacial score (nSPS) is 14.0. The Morgan fingerprint density at radius 1 is 1.04 bits per heavy atom. The SMILES string of the molecule is C[C@](O)(CS(=O)(=O)c1ccc(Cl)cc1)C(=O)Nc1ccc(Cl)cc1. The minimum atomic E-state index is -3.87. The number of hydrogen-bond acceptors (Lipinski definition) is 4. The van der Waals surface area contributed by atoms with Crippen molar-refractivity contribution in [2.24, 2.45) is 0 Å². The minimum Gasteiger partial charge on any atom is -0.379 e. The summed E-state index contributed by atoms with van der Waals surface area (Å²) in [6, 6.07) is 11.7. The maximum absolute atomic E-state index is 12.4. The number of rotatable bonds is 5. The van der Waals surface area contributed by atoms with Crippen molar-refractivity contribution < 1.29 is 18.3 Å². The van der Waals surface area contributed by atoms with Gasteiger partial charge in [-0.15, -0.1) is 0 Å². The van der Waals surface area contributed by atoms with Crippen LogP contribution < -0.4 is 5.32 Å². The standard InChI is InChI=1S/C16H15Cl2NO4S/c1-16(21,15(20)19-13-6-2-11(17)3-7-13)10-24(22,23)14-8-4-12(18)5-9-14/h2-9,21H,10H2,1H3,(H,19,20)/t16-/m0/s1. The van der Waals surface area contributed by atoms with Gasteiger partial charge in [0, 0.05) is 15.7 Å². The number of anilines is 1. The van der Waals surface area contributed by atoms with Crippen molar-refractivity contribution in [2.75, 3.05) is 11.1 Å². The Labute approximate surface area is 150 Å². The highest BCUT2D eigenvalue weighted by Crippen LogP contribution is 2.21. The first-order valence-corrected chi connectivity index (χ1v) is 9.29. The molecule has 0 aromatic heterocycles. The molecule has 0 aliphatic carbocycles. The second-order valence-corrected chi connectivity index (χ2v) is 8.31. The van der Waals surface area contributed by atoms with Crippen molar-refractivity contribution in [2.45, 2.75) is 17.4 Å². The molecule has 0 saturated carbocycles. The van der Waals surface area contributed by atoms with E-state index in [0.717, 1.165) is 6.92 Å². The van der Waals surface area contributed by atoms with Crippen LogP contribution in [-0.4, -0.2) is 30.8 Å². The Morgan fingerprint density at radius 2 is 1.50 bits per heavy atom. The molecule has 0 aliphatic heterocycles. The average molecular weight is 388 g/mol. The Morgan fingerprint density at radius 3 is 2.00 bits per heavy atom. The Kier molecular flexibility index (Phi) is 5.55. The first-order chi connectivity index (χ1) is 11.1. The summed E-state index contributed by atoms with van der Waals surface area (Å²) in [6.45, 7) is 1.14. The summed E-state index contributed by atoms with van der Waals surface area (Å²) in [6.07, 6.45) is 0. The molecule has 0 saturated heterocycles. The number of hydrogen-bond donors (Lipinski definition) is 2. The second-order valence-electron chi connectivity index (χ2n) is 5.45. The number of aliphatic hydroxyl groups is 1. The summed E-state index contributed by atoms with van der Waals surface area (Å²) in [5.41, 5.74) is -1.72. The third-order valence-electron chi connectivity index (χ3n) is 3.24. The highest BCUT2D eigenvalue weighted by molar-refractivity contribution is 7.91. The molecule has 128 valence electrons. The van der Waals surface area contributed by atoms with Gasteiger partial charge in [-0.2, -0.15) is 0 Å². The number of carbonyl (C=O) groups is 1. The molecule has 1 atom stereocenters. The Bertz CT molecular complexity index is 831. The lowest BCUT2D eigenvalue weighted by atomic mass is 10.1. The number of amides is 1. The van der Waals surface area contributed by atoms with Crippen LogP contribution in [0.1, 0.15) is 6.92 Å². The summed E-state index contributed by atoms with van der Waals surface area (Å²) in [4.78, 5) is 12.2. The van der Waals surface area contributed by atoms with Gasteiger partial charge in [0.05, 0.1) is 10.6 Å². The average Bonchev–Trinajstić information content (AvgIpc) is 2.49. The van der Waals surface area contributed by atoms with E-state index in [9.17, 15) is 18.3 Å². The summed E-state index contributed by atoms with van der Waals surface area (Å²) in [7, 11) is -3.87. The van der Waals surface area contributed by atoms with E-state index in [-0.39, 0.29) is 4.90 Å². The molecule has 0 spiro atoms. The van der Waals surface area contributed by atoms with Gasteiger partial charge >= 0.3 is 0 Å². The van der Waals surface area contributed by atoms with Crippen LogP contribution in [0.5, 0.6) is 0 Å². The van der Waals surface area contributed by atoms with Gasteiger partial charge in [-0.1, -0.05) is 23.2 Å². The van der Waals surface area contributed by atoms with E-state index >= 15 is 0 Å². The number of carbonyl (C=O) groups excluding carboxylic acids is 1.